The number of aliphatic hydroxyl groups excluding tert-OH is 1. The van der Waals surface area contributed by atoms with E-state index in [0.29, 0.717) is 41.2 Å². The second-order valence-electron chi connectivity index (χ2n) is 9.06. The van der Waals surface area contributed by atoms with Crippen molar-refractivity contribution in [2.24, 2.45) is 4.36 Å². The summed E-state index contributed by atoms with van der Waals surface area (Å²) in [6.45, 7) is 2.77. The fraction of sp³-hybridized carbons (Fsp3) is 0.194. The van der Waals surface area contributed by atoms with Gasteiger partial charge in [-0.05, 0) is 62.4 Å². The van der Waals surface area contributed by atoms with Crippen molar-refractivity contribution in [1.82, 2.24) is 10.3 Å². The standard InChI is InChI=1S/C31H30N4O5S/c1-23-13-17-40-29(23)31(38)34-27-8-5-7-24(20-27)11-12-25-19-26(22-33-21-25)30(37)35-41(39,18-6-14-32-15-16-36)28-9-3-2-4-10-28/h2-5,7-10,13,17,19-22,32,36H,6,14-16,18H2,1H3,(H,34,38)/t41-/m0/s1. The predicted molar refractivity (Wildman–Crippen MR) is 157 cm³/mol. The quantitative estimate of drug-likeness (QED) is 0.191. The van der Waals surface area contributed by atoms with Gasteiger partial charge >= 0.3 is 0 Å². The Morgan fingerprint density at radius 2 is 1.80 bits per heavy atom. The first-order valence-electron chi connectivity index (χ1n) is 13.0. The molecule has 0 saturated carbocycles. The summed E-state index contributed by atoms with van der Waals surface area (Å²) < 4.78 is 23.3. The molecule has 41 heavy (non-hydrogen) atoms. The Balaban J connectivity index is 1.52. The maximum absolute atomic E-state index is 13.9. The van der Waals surface area contributed by atoms with Crippen molar-refractivity contribution in [3.8, 4) is 11.8 Å². The molecule has 1 atom stereocenters. The van der Waals surface area contributed by atoms with Crippen molar-refractivity contribution < 1.29 is 23.3 Å². The lowest BCUT2D eigenvalue weighted by atomic mass is 10.1. The lowest BCUT2D eigenvalue weighted by Gasteiger charge is -2.10. The molecule has 3 N–H and O–H groups in total. The number of aryl methyl sites for hydroxylation is 1. The van der Waals surface area contributed by atoms with Gasteiger partial charge in [-0.3, -0.25) is 14.6 Å². The second kappa shape index (κ2) is 14.2. The van der Waals surface area contributed by atoms with Crippen molar-refractivity contribution in [2.45, 2.75) is 18.2 Å². The van der Waals surface area contributed by atoms with E-state index in [-0.39, 0.29) is 29.6 Å². The number of hydrogen-bond donors (Lipinski definition) is 3. The number of furan rings is 1. The Kier molecular flexibility index (Phi) is 10.2. The Morgan fingerprint density at radius 3 is 2.56 bits per heavy atom. The van der Waals surface area contributed by atoms with Crippen LogP contribution in [0.4, 0.5) is 5.69 Å². The van der Waals surface area contributed by atoms with Crippen molar-refractivity contribution >= 4 is 27.2 Å². The van der Waals surface area contributed by atoms with Crippen LogP contribution in [0.25, 0.3) is 0 Å². The van der Waals surface area contributed by atoms with E-state index in [1.165, 1.54) is 18.7 Å². The van der Waals surface area contributed by atoms with Gasteiger partial charge in [-0.15, -0.1) is 0 Å². The summed E-state index contributed by atoms with van der Waals surface area (Å²) >= 11 is 0. The molecule has 0 bridgehead atoms. The maximum Gasteiger partial charge on any atom is 0.291 e. The molecule has 2 amide bonds. The number of rotatable bonds is 10. The van der Waals surface area contributed by atoms with E-state index in [2.05, 4.69) is 31.8 Å². The number of nitrogens with zero attached hydrogens (tertiary/aromatic N) is 2. The summed E-state index contributed by atoms with van der Waals surface area (Å²) in [6, 6.07) is 19.0. The van der Waals surface area contributed by atoms with Crippen molar-refractivity contribution in [3.63, 3.8) is 0 Å². The molecule has 0 aliphatic heterocycles. The van der Waals surface area contributed by atoms with Gasteiger partial charge in [0.1, 0.15) is 0 Å². The third-order valence-corrected chi connectivity index (χ3v) is 8.24. The third-order valence-electron chi connectivity index (χ3n) is 5.93. The first-order valence-corrected chi connectivity index (χ1v) is 14.6. The Hall–Kier alpha value is -4.56. The SMILES string of the molecule is Cc1ccoc1C(=O)Nc1cccc(C#Cc2cncc(C(=O)N=[S@](=O)(CCCNCCO)c3ccccc3)c2)c1. The molecule has 0 saturated heterocycles. The number of hydrogen-bond acceptors (Lipinski definition) is 7. The van der Waals surface area contributed by atoms with Crippen LogP contribution in [-0.2, 0) is 9.73 Å². The molecule has 2 aromatic heterocycles. The van der Waals surface area contributed by atoms with Gasteiger partial charge in [0.05, 0.1) is 28.2 Å². The fourth-order valence-electron chi connectivity index (χ4n) is 3.87. The van der Waals surface area contributed by atoms with Gasteiger partial charge < -0.3 is 20.2 Å². The number of amides is 2. The predicted octanol–water partition coefficient (Wildman–Crippen LogP) is 4.27. The molecule has 2 heterocycles. The highest BCUT2D eigenvalue weighted by molar-refractivity contribution is 7.94. The monoisotopic (exact) mass is 570 g/mol. The van der Waals surface area contributed by atoms with E-state index in [0.717, 1.165) is 5.56 Å². The number of nitrogens with one attached hydrogen (secondary N) is 2. The van der Waals surface area contributed by atoms with E-state index < -0.39 is 15.6 Å². The lowest BCUT2D eigenvalue weighted by Crippen LogP contribution is -2.22. The highest BCUT2D eigenvalue weighted by Crippen LogP contribution is 2.18. The van der Waals surface area contributed by atoms with Crippen LogP contribution in [0.2, 0.25) is 0 Å². The van der Waals surface area contributed by atoms with Crippen LogP contribution in [0.15, 0.2) is 99.1 Å². The van der Waals surface area contributed by atoms with E-state index >= 15 is 0 Å². The minimum Gasteiger partial charge on any atom is -0.459 e. The van der Waals surface area contributed by atoms with Gasteiger partial charge in [-0.25, -0.2) is 4.21 Å². The van der Waals surface area contributed by atoms with Crippen molar-refractivity contribution in [3.05, 3.63) is 113 Å². The average Bonchev–Trinajstić information content (AvgIpc) is 3.43. The second-order valence-corrected chi connectivity index (χ2v) is 11.4. The van der Waals surface area contributed by atoms with E-state index in [9.17, 15) is 13.8 Å². The molecule has 9 nitrogen and oxygen atoms in total. The third kappa shape index (κ3) is 8.22. The van der Waals surface area contributed by atoms with Crippen molar-refractivity contribution in [1.29, 1.82) is 0 Å². The normalized spacial score (nSPS) is 12.0. The molecule has 0 fully saturated rings. The molecule has 0 aliphatic carbocycles. The lowest BCUT2D eigenvalue weighted by molar-refractivity contribution is 0.0991. The zero-order valence-electron chi connectivity index (χ0n) is 22.5. The molecule has 4 rings (SSSR count). The number of aliphatic hydroxyl groups is 1. The van der Waals surface area contributed by atoms with Gasteiger partial charge in [0.2, 0.25) is 0 Å². The topological polar surface area (TPSA) is 134 Å². The van der Waals surface area contributed by atoms with Crippen LogP contribution in [0.5, 0.6) is 0 Å². The van der Waals surface area contributed by atoms with Crippen LogP contribution in [0, 0.1) is 18.8 Å². The number of carbonyl (C=O) groups excluding carboxylic acids is 2. The zero-order valence-corrected chi connectivity index (χ0v) is 23.3. The Bertz CT molecular complexity index is 1700. The van der Waals surface area contributed by atoms with E-state index in [1.807, 2.05) is 6.07 Å². The molecule has 0 radical (unpaired) electrons. The summed E-state index contributed by atoms with van der Waals surface area (Å²) in [5.41, 5.74) is 2.59. The Morgan fingerprint density at radius 1 is 1.00 bits per heavy atom. The number of benzene rings is 2. The van der Waals surface area contributed by atoms with Crippen LogP contribution >= 0.6 is 0 Å². The molecular weight excluding hydrogens is 540 g/mol. The first-order chi connectivity index (χ1) is 19.9. The molecule has 4 aromatic rings. The molecule has 10 heteroatoms. The highest BCUT2D eigenvalue weighted by atomic mass is 32.2. The minimum absolute atomic E-state index is 0.0106. The molecule has 210 valence electrons. The number of carbonyl (C=O) groups is 2. The summed E-state index contributed by atoms with van der Waals surface area (Å²) in [6.07, 6.45) is 4.87. The van der Waals surface area contributed by atoms with Gasteiger partial charge in [0, 0.05) is 52.0 Å². The molecule has 2 aromatic carbocycles. The highest BCUT2D eigenvalue weighted by Gasteiger charge is 2.17. The number of anilines is 1. The first kappa shape index (κ1) is 29.4. The smallest absolute Gasteiger partial charge is 0.291 e. The molecule has 0 aliphatic rings. The molecular formula is C31H30N4O5S. The molecule has 0 unspecified atom stereocenters. The molecule has 0 spiro atoms. The average molecular weight is 571 g/mol. The van der Waals surface area contributed by atoms with Gasteiger partial charge in [-0.2, -0.15) is 4.36 Å². The van der Waals surface area contributed by atoms with Gasteiger partial charge in [0.25, 0.3) is 11.8 Å². The van der Waals surface area contributed by atoms with E-state index in [4.69, 9.17) is 9.52 Å². The number of aromatic nitrogens is 1. The van der Waals surface area contributed by atoms with Crippen LogP contribution in [0.3, 0.4) is 0 Å². The number of pyridine rings is 1. The Labute approximate surface area is 239 Å². The van der Waals surface area contributed by atoms with Gasteiger partial charge in [-0.1, -0.05) is 36.1 Å². The largest absolute Gasteiger partial charge is 0.459 e. The maximum atomic E-state index is 13.9. The van der Waals surface area contributed by atoms with Crippen LogP contribution in [-0.4, -0.2) is 51.6 Å². The summed E-state index contributed by atoms with van der Waals surface area (Å²) in [4.78, 5) is 30.2. The minimum atomic E-state index is -3.04. The van der Waals surface area contributed by atoms with Crippen LogP contribution < -0.4 is 10.6 Å². The fourth-order valence-corrected chi connectivity index (χ4v) is 5.79. The van der Waals surface area contributed by atoms with E-state index in [1.54, 1.807) is 67.6 Å². The summed E-state index contributed by atoms with van der Waals surface area (Å²) in [5, 5.41) is 14.8. The van der Waals surface area contributed by atoms with Crippen molar-refractivity contribution in [2.75, 3.05) is 30.8 Å². The summed E-state index contributed by atoms with van der Waals surface area (Å²) in [7, 11) is -3.04. The zero-order chi connectivity index (χ0) is 29.1. The van der Waals surface area contributed by atoms with Gasteiger partial charge in [0.15, 0.2) is 5.76 Å². The summed E-state index contributed by atoms with van der Waals surface area (Å²) in [5.74, 6) is 5.43. The van der Waals surface area contributed by atoms with Crippen LogP contribution in [0.1, 0.15) is 44.0 Å².